The van der Waals surface area contributed by atoms with Gasteiger partial charge in [-0.25, -0.2) is 0 Å². The standard InChI is InChI=1S/C17H32N2O/c1-3-7-15-8-12-19(13-9-15)16(20)14-17(18-2)10-5-4-6-11-17/h15,18H,3-14H2,1-2H3. The molecule has 0 bridgehead atoms. The van der Waals surface area contributed by atoms with E-state index in [-0.39, 0.29) is 5.54 Å². The second kappa shape index (κ2) is 7.44. The number of likely N-dealkylation sites (tertiary alicyclic amines) is 1. The van der Waals surface area contributed by atoms with Crippen molar-refractivity contribution in [2.75, 3.05) is 20.1 Å². The van der Waals surface area contributed by atoms with Crippen molar-refractivity contribution in [2.45, 2.75) is 76.7 Å². The molecule has 1 amide bonds. The summed E-state index contributed by atoms with van der Waals surface area (Å²) in [4.78, 5) is 14.7. The van der Waals surface area contributed by atoms with Crippen LogP contribution in [0.1, 0.15) is 71.1 Å². The largest absolute Gasteiger partial charge is 0.343 e. The second-order valence-corrected chi connectivity index (χ2v) is 6.88. The van der Waals surface area contributed by atoms with Gasteiger partial charge in [0.1, 0.15) is 0 Å². The van der Waals surface area contributed by atoms with Crippen LogP contribution in [0.4, 0.5) is 0 Å². The highest BCUT2D eigenvalue weighted by atomic mass is 16.2. The van der Waals surface area contributed by atoms with Gasteiger partial charge in [0.05, 0.1) is 0 Å². The number of hydrogen-bond donors (Lipinski definition) is 1. The minimum absolute atomic E-state index is 0.0929. The van der Waals surface area contributed by atoms with Crippen molar-refractivity contribution in [1.29, 1.82) is 0 Å². The van der Waals surface area contributed by atoms with E-state index in [1.54, 1.807) is 0 Å². The summed E-state index contributed by atoms with van der Waals surface area (Å²) in [5, 5.41) is 3.47. The van der Waals surface area contributed by atoms with Gasteiger partial charge in [-0.15, -0.1) is 0 Å². The fourth-order valence-electron chi connectivity index (χ4n) is 4.02. The summed E-state index contributed by atoms with van der Waals surface area (Å²) in [7, 11) is 2.03. The van der Waals surface area contributed by atoms with Crippen LogP contribution in [-0.4, -0.2) is 36.5 Å². The molecule has 1 heterocycles. The van der Waals surface area contributed by atoms with E-state index in [2.05, 4.69) is 17.1 Å². The molecule has 2 rings (SSSR count). The quantitative estimate of drug-likeness (QED) is 0.837. The van der Waals surface area contributed by atoms with Gasteiger partial charge in [0.15, 0.2) is 0 Å². The maximum atomic E-state index is 12.6. The Labute approximate surface area is 124 Å². The van der Waals surface area contributed by atoms with Gasteiger partial charge in [0.2, 0.25) is 5.91 Å². The molecule has 0 aromatic rings. The van der Waals surface area contributed by atoms with Crippen LogP contribution in [0.25, 0.3) is 0 Å². The van der Waals surface area contributed by atoms with Crippen molar-refractivity contribution in [2.24, 2.45) is 5.92 Å². The number of hydrogen-bond acceptors (Lipinski definition) is 2. The Morgan fingerprint density at radius 2 is 1.85 bits per heavy atom. The molecule has 0 unspecified atom stereocenters. The summed E-state index contributed by atoms with van der Waals surface area (Å²) in [5.74, 6) is 1.24. The number of nitrogens with one attached hydrogen (secondary N) is 1. The molecule has 20 heavy (non-hydrogen) atoms. The Morgan fingerprint density at radius 3 is 2.40 bits per heavy atom. The van der Waals surface area contributed by atoms with Gasteiger partial charge < -0.3 is 10.2 Å². The van der Waals surface area contributed by atoms with E-state index in [0.29, 0.717) is 12.3 Å². The lowest BCUT2D eigenvalue weighted by Gasteiger charge is -2.39. The van der Waals surface area contributed by atoms with E-state index in [1.807, 2.05) is 7.05 Å². The van der Waals surface area contributed by atoms with Crippen LogP contribution >= 0.6 is 0 Å². The zero-order chi connectivity index (χ0) is 14.4. The minimum Gasteiger partial charge on any atom is -0.343 e. The first-order chi connectivity index (χ1) is 9.69. The van der Waals surface area contributed by atoms with Gasteiger partial charge in [-0.05, 0) is 38.6 Å². The van der Waals surface area contributed by atoms with E-state index in [9.17, 15) is 4.79 Å². The number of rotatable bonds is 5. The Hall–Kier alpha value is -0.570. The highest BCUT2D eigenvalue weighted by molar-refractivity contribution is 5.77. The molecule has 0 spiro atoms. The molecule has 1 aliphatic carbocycles. The Bertz CT molecular complexity index is 302. The molecule has 0 radical (unpaired) electrons. The van der Waals surface area contributed by atoms with Gasteiger partial charge in [0, 0.05) is 25.0 Å². The molecule has 2 aliphatic rings. The molecule has 116 valence electrons. The van der Waals surface area contributed by atoms with E-state index >= 15 is 0 Å². The van der Waals surface area contributed by atoms with Crippen molar-refractivity contribution < 1.29 is 4.79 Å². The van der Waals surface area contributed by atoms with Crippen molar-refractivity contribution in [1.82, 2.24) is 10.2 Å². The lowest BCUT2D eigenvalue weighted by Crippen LogP contribution is -2.50. The van der Waals surface area contributed by atoms with Crippen molar-refractivity contribution in [3.63, 3.8) is 0 Å². The SMILES string of the molecule is CCCC1CCN(C(=O)CC2(NC)CCCCC2)CC1. The Kier molecular flexibility index (Phi) is 5.88. The van der Waals surface area contributed by atoms with Gasteiger partial charge in [-0.2, -0.15) is 0 Å². The van der Waals surface area contributed by atoms with Gasteiger partial charge in [-0.1, -0.05) is 39.0 Å². The first kappa shape index (κ1) is 15.8. The topological polar surface area (TPSA) is 32.3 Å². The lowest BCUT2D eigenvalue weighted by atomic mass is 9.79. The van der Waals surface area contributed by atoms with E-state index in [4.69, 9.17) is 0 Å². The first-order valence-corrected chi connectivity index (χ1v) is 8.66. The van der Waals surface area contributed by atoms with Crippen LogP contribution in [0.3, 0.4) is 0 Å². The predicted molar refractivity (Wildman–Crippen MR) is 83.7 cm³/mol. The Balaban J connectivity index is 1.82. The first-order valence-electron chi connectivity index (χ1n) is 8.66. The smallest absolute Gasteiger partial charge is 0.224 e. The third kappa shape index (κ3) is 3.97. The maximum Gasteiger partial charge on any atom is 0.224 e. The van der Waals surface area contributed by atoms with Crippen LogP contribution in [0.2, 0.25) is 0 Å². The molecule has 0 aromatic carbocycles. The molecule has 0 atom stereocenters. The van der Waals surface area contributed by atoms with Crippen LogP contribution < -0.4 is 5.32 Å². The molecule has 3 nitrogen and oxygen atoms in total. The molecule has 1 aliphatic heterocycles. The van der Waals surface area contributed by atoms with Gasteiger partial charge in [0.25, 0.3) is 0 Å². The predicted octanol–water partition coefficient (Wildman–Crippen LogP) is 3.34. The minimum atomic E-state index is 0.0929. The monoisotopic (exact) mass is 280 g/mol. The van der Waals surface area contributed by atoms with Crippen LogP contribution in [0.15, 0.2) is 0 Å². The average molecular weight is 280 g/mol. The number of amides is 1. The zero-order valence-electron chi connectivity index (χ0n) is 13.4. The fourth-order valence-corrected chi connectivity index (χ4v) is 4.02. The van der Waals surface area contributed by atoms with Gasteiger partial charge >= 0.3 is 0 Å². The number of piperidine rings is 1. The number of nitrogens with zero attached hydrogens (tertiary/aromatic N) is 1. The normalized spacial score (nSPS) is 23.8. The van der Waals surface area contributed by atoms with Crippen LogP contribution in [0.5, 0.6) is 0 Å². The summed E-state index contributed by atoms with van der Waals surface area (Å²) < 4.78 is 0. The zero-order valence-corrected chi connectivity index (χ0v) is 13.4. The molecule has 1 N–H and O–H groups in total. The molecule has 3 heteroatoms. The van der Waals surface area contributed by atoms with Crippen molar-refractivity contribution in [3.05, 3.63) is 0 Å². The lowest BCUT2D eigenvalue weighted by molar-refractivity contribution is -0.134. The van der Waals surface area contributed by atoms with Crippen molar-refractivity contribution >= 4 is 5.91 Å². The third-order valence-electron chi connectivity index (χ3n) is 5.49. The molecular weight excluding hydrogens is 248 g/mol. The van der Waals surface area contributed by atoms with Crippen LogP contribution in [0, 0.1) is 5.92 Å². The summed E-state index contributed by atoms with van der Waals surface area (Å²) in [6.45, 7) is 4.24. The van der Waals surface area contributed by atoms with Crippen molar-refractivity contribution in [3.8, 4) is 0 Å². The summed E-state index contributed by atoms with van der Waals surface area (Å²) in [6.07, 6.45) is 12.0. The maximum absolute atomic E-state index is 12.6. The second-order valence-electron chi connectivity index (χ2n) is 6.88. The average Bonchev–Trinajstić information content (AvgIpc) is 2.49. The number of carbonyl (C=O) groups excluding carboxylic acids is 1. The highest BCUT2D eigenvalue weighted by Gasteiger charge is 2.34. The van der Waals surface area contributed by atoms with E-state index in [1.165, 1.54) is 57.8 Å². The molecule has 1 saturated carbocycles. The van der Waals surface area contributed by atoms with Crippen LogP contribution in [-0.2, 0) is 4.79 Å². The van der Waals surface area contributed by atoms with Gasteiger partial charge in [-0.3, -0.25) is 4.79 Å². The Morgan fingerprint density at radius 1 is 1.20 bits per heavy atom. The molecule has 1 saturated heterocycles. The third-order valence-corrected chi connectivity index (χ3v) is 5.49. The molecular formula is C17H32N2O. The highest BCUT2D eigenvalue weighted by Crippen LogP contribution is 2.32. The molecule has 2 fully saturated rings. The summed E-state index contributed by atoms with van der Waals surface area (Å²) in [5.41, 5.74) is 0.0929. The van der Waals surface area contributed by atoms with E-state index in [0.717, 1.165) is 19.0 Å². The summed E-state index contributed by atoms with van der Waals surface area (Å²) >= 11 is 0. The number of carbonyl (C=O) groups is 1. The fraction of sp³-hybridized carbons (Fsp3) is 0.941. The molecule has 0 aromatic heterocycles. The summed E-state index contributed by atoms with van der Waals surface area (Å²) in [6, 6.07) is 0. The van der Waals surface area contributed by atoms with E-state index < -0.39 is 0 Å².